The van der Waals surface area contributed by atoms with Crippen LogP contribution < -0.4 is 20.1 Å². The lowest BCUT2D eigenvalue weighted by Crippen LogP contribution is -2.37. The molecule has 5 nitrogen and oxygen atoms in total. The van der Waals surface area contributed by atoms with Crippen LogP contribution in [0.3, 0.4) is 0 Å². The van der Waals surface area contributed by atoms with Gasteiger partial charge in [-0.25, -0.2) is 0 Å². The third-order valence-electron chi connectivity index (χ3n) is 4.81. The average Bonchev–Trinajstić information content (AvgIpc) is 2.69. The highest BCUT2D eigenvalue weighted by Gasteiger charge is 2.17. The van der Waals surface area contributed by atoms with Crippen LogP contribution in [0.5, 0.6) is 11.5 Å². The molecule has 152 valence electrons. The lowest BCUT2D eigenvalue weighted by Gasteiger charge is -2.21. The van der Waals surface area contributed by atoms with Crippen LogP contribution in [0.25, 0.3) is 0 Å². The minimum absolute atomic E-state index is 0.0610. The van der Waals surface area contributed by atoms with E-state index < -0.39 is 0 Å². The normalized spacial score (nSPS) is 12.9. The summed E-state index contributed by atoms with van der Waals surface area (Å²) in [6.45, 7) is 6.27. The first kappa shape index (κ1) is 22.1. The van der Waals surface area contributed by atoms with Gasteiger partial charge in [-0.2, -0.15) is 0 Å². The molecule has 2 unspecified atom stereocenters. The molecule has 2 aromatic rings. The van der Waals surface area contributed by atoms with Crippen molar-refractivity contribution in [1.82, 2.24) is 10.6 Å². The number of hydrogen-bond donors (Lipinski definition) is 2. The Bertz CT molecular complexity index is 793. The van der Waals surface area contributed by atoms with Crippen LogP contribution in [0, 0.1) is 6.92 Å². The lowest BCUT2D eigenvalue weighted by molar-refractivity contribution is -0.121. The van der Waals surface area contributed by atoms with Crippen LogP contribution in [-0.4, -0.2) is 26.7 Å². The Hall–Kier alpha value is -2.24. The number of benzene rings is 2. The third kappa shape index (κ3) is 5.63. The molecule has 28 heavy (non-hydrogen) atoms. The zero-order chi connectivity index (χ0) is 20.7. The second-order valence-electron chi connectivity index (χ2n) is 6.75. The van der Waals surface area contributed by atoms with Crippen molar-refractivity contribution in [2.24, 2.45) is 0 Å². The van der Waals surface area contributed by atoms with Crippen LogP contribution in [-0.2, 0) is 4.79 Å². The number of methoxy groups -OCH3 is 2. The Labute approximate surface area is 172 Å². The maximum atomic E-state index is 12.5. The maximum Gasteiger partial charge on any atom is 0.234 e. The molecule has 6 heteroatoms. The fraction of sp³-hybridized carbons (Fsp3) is 0.409. The summed E-state index contributed by atoms with van der Waals surface area (Å²) in [4.78, 5) is 12.5. The number of hydrogen-bond acceptors (Lipinski definition) is 4. The largest absolute Gasteiger partial charge is 0.493 e. The third-order valence-corrected chi connectivity index (χ3v) is 5.06. The van der Waals surface area contributed by atoms with Gasteiger partial charge in [0.1, 0.15) is 0 Å². The number of amides is 1. The Morgan fingerprint density at radius 2 is 1.71 bits per heavy atom. The summed E-state index contributed by atoms with van der Waals surface area (Å²) < 4.78 is 10.7. The summed E-state index contributed by atoms with van der Waals surface area (Å²) in [6, 6.07) is 11.5. The van der Waals surface area contributed by atoms with Crippen LogP contribution >= 0.6 is 11.6 Å². The van der Waals surface area contributed by atoms with Gasteiger partial charge in [0.25, 0.3) is 0 Å². The molecular formula is C22H29ClN2O3. The Balaban J connectivity index is 1.99. The zero-order valence-corrected chi connectivity index (χ0v) is 17.9. The van der Waals surface area contributed by atoms with Gasteiger partial charge in [-0.15, -0.1) is 0 Å². The molecule has 0 aliphatic rings. The van der Waals surface area contributed by atoms with E-state index in [1.807, 2.05) is 50.2 Å². The molecule has 0 saturated heterocycles. The van der Waals surface area contributed by atoms with Crippen molar-refractivity contribution in [3.05, 3.63) is 58.1 Å². The van der Waals surface area contributed by atoms with Gasteiger partial charge in [0.05, 0.1) is 26.8 Å². The first-order valence-corrected chi connectivity index (χ1v) is 9.78. The topological polar surface area (TPSA) is 59.6 Å². The highest BCUT2D eigenvalue weighted by Crippen LogP contribution is 2.32. The lowest BCUT2D eigenvalue weighted by atomic mass is 10.0. The van der Waals surface area contributed by atoms with Gasteiger partial charge in [0.15, 0.2) is 11.5 Å². The van der Waals surface area contributed by atoms with Crippen LogP contribution in [0.15, 0.2) is 36.4 Å². The van der Waals surface area contributed by atoms with Crippen molar-refractivity contribution in [2.45, 2.75) is 39.3 Å². The first-order chi connectivity index (χ1) is 13.4. The maximum absolute atomic E-state index is 12.5. The number of nitrogens with one attached hydrogen (secondary N) is 2. The molecule has 2 N–H and O–H groups in total. The number of aryl methyl sites for hydroxylation is 1. The molecule has 0 bridgehead atoms. The molecule has 2 atom stereocenters. The summed E-state index contributed by atoms with van der Waals surface area (Å²) >= 11 is 5.95. The highest BCUT2D eigenvalue weighted by atomic mass is 35.5. The molecule has 0 aromatic heterocycles. The van der Waals surface area contributed by atoms with E-state index in [1.165, 1.54) is 0 Å². The van der Waals surface area contributed by atoms with E-state index in [9.17, 15) is 4.79 Å². The van der Waals surface area contributed by atoms with Gasteiger partial charge < -0.3 is 20.1 Å². The van der Waals surface area contributed by atoms with Crippen LogP contribution in [0.4, 0.5) is 0 Å². The van der Waals surface area contributed by atoms with Crippen LogP contribution in [0.1, 0.15) is 49.0 Å². The Morgan fingerprint density at radius 3 is 2.29 bits per heavy atom. The summed E-state index contributed by atoms with van der Waals surface area (Å²) in [5.41, 5.74) is 3.14. The Morgan fingerprint density at radius 1 is 1.11 bits per heavy atom. The first-order valence-electron chi connectivity index (χ1n) is 9.40. The van der Waals surface area contributed by atoms with Gasteiger partial charge in [-0.1, -0.05) is 30.7 Å². The van der Waals surface area contributed by atoms with E-state index in [0.717, 1.165) is 23.1 Å². The minimum Gasteiger partial charge on any atom is -0.493 e. The molecular weight excluding hydrogens is 376 g/mol. The van der Waals surface area contributed by atoms with Crippen molar-refractivity contribution in [2.75, 3.05) is 20.8 Å². The van der Waals surface area contributed by atoms with E-state index in [-0.39, 0.29) is 24.5 Å². The van der Waals surface area contributed by atoms with Crippen molar-refractivity contribution in [1.29, 1.82) is 0 Å². The monoisotopic (exact) mass is 404 g/mol. The molecule has 0 heterocycles. The van der Waals surface area contributed by atoms with E-state index >= 15 is 0 Å². The highest BCUT2D eigenvalue weighted by molar-refractivity contribution is 6.30. The van der Waals surface area contributed by atoms with Gasteiger partial charge >= 0.3 is 0 Å². The van der Waals surface area contributed by atoms with Crippen molar-refractivity contribution >= 4 is 17.5 Å². The summed E-state index contributed by atoms with van der Waals surface area (Å²) in [6.07, 6.45) is 0.874. The smallest absolute Gasteiger partial charge is 0.234 e. The minimum atomic E-state index is -0.148. The number of carbonyl (C=O) groups excluding carboxylic acids is 1. The van der Waals surface area contributed by atoms with Gasteiger partial charge in [-0.3, -0.25) is 4.79 Å². The quantitative estimate of drug-likeness (QED) is 0.642. The average molecular weight is 405 g/mol. The van der Waals surface area contributed by atoms with Crippen molar-refractivity contribution in [3.8, 4) is 11.5 Å². The fourth-order valence-corrected chi connectivity index (χ4v) is 3.37. The summed E-state index contributed by atoms with van der Waals surface area (Å²) in [5, 5.41) is 7.07. The van der Waals surface area contributed by atoms with E-state index in [4.69, 9.17) is 21.1 Å². The second kappa shape index (κ2) is 10.3. The van der Waals surface area contributed by atoms with Crippen molar-refractivity contribution in [3.63, 3.8) is 0 Å². The van der Waals surface area contributed by atoms with E-state index in [1.54, 1.807) is 14.2 Å². The van der Waals surface area contributed by atoms with Gasteiger partial charge in [-0.05, 0) is 61.2 Å². The molecule has 0 aliphatic heterocycles. The van der Waals surface area contributed by atoms with E-state index in [0.29, 0.717) is 16.5 Å². The SMILES string of the molecule is CCC(NCC(=O)NC(C)c1cc(OC)c(OC)cc1C)c1ccc(Cl)cc1. The predicted octanol–water partition coefficient (Wildman–Crippen LogP) is 4.58. The summed E-state index contributed by atoms with van der Waals surface area (Å²) in [5.74, 6) is 1.27. The standard InChI is InChI=1S/C22H29ClN2O3/c1-6-19(16-7-9-17(23)10-8-16)24-13-22(26)25-15(3)18-12-21(28-5)20(27-4)11-14(18)2/h7-12,15,19,24H,6,13H2,1-5H3,(H,25,26). The van der Waals surface area contributed by atoms with E-state index in [2.05, 4.69) is 17.6 Å². The molecule has 1 amide bonds. The molecule has 0 aliphatic carbocycles. The summed E-state index contributed by atoms with van der Waals surface area (Å²) in [7, 11) is 3.21. The second-order valence-corrected chi connectivity index (χ2v) is 7.18. The van der Waals surface area contributed by atoms with Crippen molar-refractivity contribution < 1.29 is 14.3 Å². The zero-order valence-electron chi connectivity index (χ0n) is 17.1. The Kier molecular flexibility index (Phi) is 8.15. The number of halogens is 1. The number of carbonyl (C=O) groups is 1. The molecule has 2 aromatic carbocycles. The predicted molar refractivity (Wildman–Crippen MR) is 113 cm³/mol. The van der Waals surface area contributed by atoms with Gasteiger partial charge in [0, 0.05) is 11.1 Å². The van der Waals surface area contributed by atoms with Crippen LogP contribution in [0.2, 0.25) is 5.02 Å². The fourth-order valence-electron chi connectivity index (χ4n) is 3.24. The number of ether oxygens (including phenoxy) is 2. The molecule has 0 radical (unpaired) electrons. The number of rotatable bonds is 9. The molecule has 0 saturated carbocycles. The van der Waals surface area contributed by atoms with Gasteiger partial charge in [0.2, 0.25) is 5.91 Å². The molecule has 2 rings (SSSR count). The molecule has 0 spiro atoms. The molecule has 0 fully saturated rings.